The number of rotatable bonds is 7. The van der Waals surface area contributed by atoms with E-state index in [1.165, 1.54) is 0 Å². The topological polar surface area (TPSA) is 117 Å². The number of amides is 1. The van der Waals surface area contributed by atoms with Crippen molar-refractivity contribution in [2.24, 2.45) is 0 Å². The third-order valence-corrected chi connectivity index (χ3v) is 3.30. The van der Waals surface area contributed by atoms with Crippen molar-refractivity contribution in [1.29, 1.82) is 0 Å². The number of aromatic amines is 2. The van der Waals surface area contributed by atoms with E-state index in [0.717, 1.165) is 0 Å². The van der Waals surface area contributed by atoms with Crippen LogP contribution >= 0.6 is 0 Å². The average molecular weight is 318 g/mol. The predicted octanol–water partition coefficient (Wildman–Crippen LogP) is 0.947. The molecule has 0 aliphatic heterocycles. The van der Waals surface area contributed by atoms with Gasteiger partial charge in [-0.05, 0) is 31.2 Å². The van der Waals surface area contributed by atoms with Gasteiger partial charge in [-0.2, -0.15) is 5.10 Å². The van der Waals surface area contributed by atoms with Crippen molar-refractivity contribution in [3.63, 3.8) is 0 Å². The maximum absolute atomic E-state index is 12.0. The number of nitrogens with one attached hydrogen (secondary N) is 3. The molecule has 8 nitrogen and oxygen atoms in total. The number of aromatic nitrogens is 3. The highest BCUT2D eigenvalue weighted by Crippen LogP contribution is 2.13. The van der Waals surface area contributed by atoms with E-state index >= 15 is 0 Å². The number of carbonyl (C=O) groups is 2. The summed E-state index contributed by atoms with van der Waals surface area (Å²) in [5, 5.41) is 8.64. The minimum Gasteiger partial charge on any atom is -0.497 e. The highest BCUT2D eigenvalue weighted by Gasteiger charge is 2.14. The van der Waals surface area contributed by atoms with Crippen molar-refractivity contribution < 1.29 is 14.3 Å². The molecule has 2 aromatic rings. The number of Topliss-reactive ketones (excluding diaryl/α,β-unsaturated/α-hetero) is 1. The summed E-state index contributed by atoms with van der Waals surface area (Å²) in [6.45, 7) is 1.69. The van der Waals surface area contributed by atoms with E-state index < -0.39 is 11.7 Å². The smallest absolute Gasteiger partial charge is 0.340 e. The first-order valence-corrected chi connectivity index (χ1v) is 7.11. The Morgan fingerprint density at radius 2 is 1.96 bits per heavy atom. The average Bonchev–Trinajstić information content (AvgIpc) is 2.99. The van der Waals surface area contributed by atoms with E-state index in [4.69, 9.17) is 4.74 Å². The van der Waals surface area contributed by atoms with E-state index in [1.54, 1.807) is 38.3 Å². The molecule has 2 rings (SSSR count). The summed E-state index contributed by atoms with van der Waals surface area (Å²) >= 11 is 0. The fourth-order valence-electron chi connectivity index (χ4n) is 2.02. The van der Waals surface area contributed by atoms with Crippen LogP contribution in [0.1, 0.15) is 42.0 Å². The van der Waals surface area contributed by atoms with Crippen LogP contribution in [0.2, 0.25) is 0 Å². The molecule has 3 N–H and O–H groups in total. The van der Waals surface area contributed by atoms with E-state index in [-0.39, 0.29) is 24.5 Å². The van der Waals surface area contributed by atoms with Crippen molar-refractivity contribution in [3.05, 3.63) is 46.1 Å². The van der Waals surface area contributed by atoms with Crippen LogP contribution < -0.4 is 15.7 Å². The van der Waals surface area contributed by atoms with Crippen molar-refractivity contribution in [2.45, 2.75) is 25.8 Å². The molecule has 1 heterocycles. The molecule has 0 radical (unpaired) electrons. The normalized spacial score (nSPS) is 11.7. The maximum atomic E-state index is 12.0. The van der Waals surface area contributed by atoms with Gasteiger partial charge in [-0.1, -0.05) is 0 Å². The lowest BCUT2D eigenvalue weighted by Crippen LogP contribution is -2.27. The molecular weight excluding hydrogens is 300 g/mol. The van der Waals surface area contributed by atoms with E-state index in [9.17, 15) is 14.4 Å². The highest BCUT2D eigenvalue weighted by atomic mass is 16.5. The Hall–Kier alpha value is -2.90. The summed E-state index contributed by atoms with van der Waals surface area (Å²) in [6, 6.07) is 6.27. The number of ketones is 1. The van der Waals surface area contributed by atoms with Crippen LogP contribution in [0.15, 0.2) is 29.1 Å². The van der Waals surface area contributed by atoms with Gasteiger partial charge in [0.25, 0.3) is 0 Å². The number of hydrogen-bond acceptors (Lipinski definition) is 5. The molecule has 1 aromatic heterocycles. The number of hydrogen-bond donors (Lipinski definition) is 3. The van der Waals surface area contributed by atoms with Crippen LogP contribution in [0.3, 0.4) is 0 Å². The highest BCUT2D eigenvalue weighted by molar-refractivity contribution is 5.98. The molecule has 0 bridgehead atoms. The minimum atomic E-state index is -0.447. The molecule has 23 heavy (non-hydrogen) atoms. The monoisotopic (exact) mass is 318 g/mol. The summed E-state index contributed by atoms with van der Waals surface area (Å²) in [5.41, 5.74) is 0.0964. The first-order valence-electron chi connectivity index (χ1n) is 7.11. The second kappa shape index (κ2) is 7.39. The second-order valence-electron chi connectivity index (χ2n) is 5.00. The van der Waals surface area contributed by atoms with Crippen LogP contribution in [0.4, 0.5) is 0 Å². The van der Waals surface area contributed by atoms with Gasteiger partial charge in [0, 0.05) is 18.4 Å². The van der Waals surface area contributed by atoms with Crippen LogP contribution in [-0.2, 0) is 4.79 Å². The molecular formula is C15H18N4O4. The number of methoxy groups -OCH3 is 1. The molecule has 8 heteroatoms. The molecule has 1 atom stereocenters. The molecule has 0 fully saturated rings. The van der Waals surface area contributed by atoms with Crippen molar-refractivity contribution >= 4 is 11.7 Å². The number of benzene rings is 1. The zero-order chi connectivity index (χ0) is 16.8. The Balaban J connectivity index is 1.83. The third kappa shape index (κ3) is 4.53. The first-order chi connectivity index (χ1) is 11.0. The lowest BCUT2D eigenvalue weighted by atomic mass is 10.1. The Morgan fingerprint density at radius 3 is 2.52 bits per heavy atom. The molecule has 0 aliphatic rings. The summed E-state index contributed by atoms with van der Waals surface area (Å²) in [7, 11) is 1.55. The SMILES string of the molecule is COc1ccc(C(=O)CCC(=O)N[C@@H](C)c2n[nH]c(=O)[nH]2)cc1. The van der Waals surface area contributed by atoms with E-state index in [1.807, 2.05) is 0 Å². The number of ether oxygens (including phenoxy) is 1. The van der Waals surface area contributed by atoms with Gasteiger partial charge < -0.3 is 10.1 Å². The molecule has 0 saturated carbocycles. The Kier molecular flexibility index (Phi) is 5.29. The summed E-state index contributed by atoms with van der Waals surface area (Å²) < 4.78 is 5.03. The van der Waals surface area contributed by atoms with Gasteiger partial charge in [0.2, 0.25) is 5.91 Å². The van der Waals surface area contributed by atoms with Gasteiger partial charge in [0.1, 0.15) is 5.75 Å². The summed E-state index contributed by atoms with van der Waals surface area (Å²) in [4.78, 5) is 37.3. The van der Waals surface area contributed by atoms with Crippen molar-refractivity contribution in [2.75, 3.05) is 7.11 Å². The van der Waals surface area contributed by atoms with Gasteiger partial charge in [-0.3, -0.25) is 14.6 Å². The largest absolute Gasteiger partial charge is 0.497 e. The van der Waals surface area contributed by atoms with Crippen LogP contribution in [0.25, 0.3) is 0 Å². The summed E-state index contributed by atoms with van der Waals surface area (Å²) in [6.07, 6.45) is 0.159. The fraction of sp³-hybridized carbons (Fsp3) is 0.333. The Morgan fingerprint density at radius 1 is 1.26 bits per heavy atom. The predicted molar refractivity (Wildman–Crippen MR) is 82.3 cm³/mol. The lowest BCUT2D eigenvalue weighted by Gasteiger charge is -2.10. The van der Waals surface area contributed by atoms with Crippen molar-refractivity contribution in [3.8, 4) is 5.75 Å². The second-order valence-corrected chi connectivity index (χ2v) is 5.00. The van der Waals surface area contributed by atoms with E-state index in [0.29, 0.717) is 17.1 Å². The molecule has 0 unspecified atom stereocenters. The molecule has 1 aromatic carbocycles. The first kappa shape index (κ1) is 16.5. The Labute approximate surface area is 132 Å². The standard InChI is InChI=1S/C15H18N4O4/c1-9(14-17-15(22)19-18-14)16-13(21)8-7-12(20)10-3-5-11(23-2)6-4-10/h3-6,9H,7-8H2,1-2H3,(H,16,21)(H2,17,18,19,22)/t9-/m0/s1. The Bertz CT molecular complexity index is 732. The number of carbonyl (C=O) groups excluding carboxylic acids is 2. The lowest BCUT2D eigenvalue weighted by molar-refractivity contribution is -0.121. The minimum absolute atomic E-state index is 0.0594. The van der Waals surface area contributed by atoms with Gasteiger partial charge in [-0.15, -0.1) is 0 Å². The van der Waals surface area contributed by atoms with Gasteiger partial charge in [-0.25, -0.2) is 9.89 Å². The molecule has 0 spiro atoms. The quantitative estimate of drug-likeness (QED) is 0.657. The molecule has 0 aliphatic carbocycles. The zero-order valence-corrected chi connectivity index (χ0v) is 12.9. The van der Waals surface area contributed by atoms with Gasteiger partial charge in [0.05, 0.1) is 13.2 Å². The molecule has 1 amide bonds. The molecule has 122 valence electrons. The van der Waals surface area contributed by atoms with Crippen molar-refractivity contribution in [1.82, 2.24) is 20.5 Å². The number of nitrogens with zero attached hydrogens (tertiary/aromatic N) is 1. The van der Waals surface area contributed by atoms with Gasteiger partial charge >= 0.3 is 5.69 Å². The fourth-order valence-corrected chi connectivity index (χ4v) is 2.02. The molecule has 0 saturated heterocycles. The third-order valence-electron chi connectivity index (χ3n) is 3.30. The van der Waals surface area contributed by atoms with Crippen LogP contribution in [0.5, 0.6) is 5.75 Å². The summed E-state index contributed by atoms with van der Waals surface area (Å²) in [5.74, 6) is 0.595. The number of H-pyrrole nitrogens is 2. The van der Waals surface area contributed by atoms with Crippen LogP contribution in [0, 0.1) is 0 Å². The maximum Gasteiger partial charge on any atom is 0.340 e. The van der Waals surface area contributed by atoms with Crippen LogP contribution in [-0.4, -0.2) is 34.0 Å². The van der Waals surface area contributed by atoms with E-state index in [2.05, 4.69) is 20.5 Å². The zero-order valence-electron chi connectivity index (χ0n) is 12.9. The van der Waals surface area contributed by atoms with Gasteiger partial charge in [0.15, 0.2) is 11.6 Å².